The second kappa shape index (κ2) is 5.55. The molecule has 84 valence electrons. The third-order valence-corrected chi connectivity index (χ3v) is 1.81. The van der Waals surface area contributed by atoms with Crippen LogP contribution in [0, 0.1) is 0 Å². The van der Waals surface area contributed by atoms with Crippen molar-refractivity contribution in [2.75, 3.05) is 11.9 Å². The van der Waals surface area contributed by atoms with Gasteiger partial charge in [0.15, 0.2) is 0 Å². The standard InChI is InChI=1S/C11H13N3O2/c1-2-6-13-11(16)14-9-5-3-4-8(7-9)10(12)15/h2-5,7H,1,6H2,(H2,12,15)(H2,13,14,16). The summed E-state index contributed by atoms with van der Waals surface area (Å²) in [6.07, 6.45) is 1.57. The summed E-state index contributed by atoms with van der Waals surface area (Å²) in [7, 11) is 0. The number of hydrogen-bond acceptors (Lipinski definition) is 2. The first-order chi connectivity index (χ1) is 7.63. The highest BCUT2D eigenvalue weighted by molar-refractivity contribution is 5.95. The fraction of sp³-hybridized carbons (Fsp3) is 0.0909. The van der Waals surface area contributed by atoms with Gasteiger partial charge >= 0.3 is 6.03 Å². The molecule has 0 aliphatic carbocycles. The third kappa shape index (κ3) is 3.45. The number of carbonyl (C=O) groups excluding carboxylic acids is 2. The minimum absolute atomic E-state index is 0.349. The summed E-state index contributed by atoms with van der Waals surface area (Å²) in [4.78, 5) is 22.2. The summed E-state index contributed by atoms with van der Waals surface area (Å²) >= 11 is 0. The van der Waals surface area contributed by atoms with Crippen LogP contribution in [0.5, 0.6) is 0 Å². The predicted molar refractivity (Wildman–Crippen MR) is 62.2 cm³/mol. The number of benzene rings is 1. The van der Waals surface area contributed by atoms with Crippen molar-refractivity contribution in [1.29, 1.82) is 0 Å². The first kappa shape index (κ1) is 11.8. The molecule has 5 heteroatoms. The number of amides is 3. The molecule has 0 saturated heterocycles. The molecule has 0 aliphatic rings. The minimum atomic E-state index is -0.532. The van der Waals surface area contributed by atoms with E-state index in [-0.39, 0.29) is 6.03 Å². The highest BCUT2D eigenvalue weighted by atomic mass is 16.2. The van der Waals surface area contributed by atoms with Crippen LogP contribution >= 0.6 is 0 Å². The number of primary amides is 1. The molecule has 0 radical (unpaired) electrons. The average molecular weight is 219 g/mol. The van der Waals surface area contributed by atoms with Crippen LogP contribution in [-0.4, -0.2) is 18.5 Å². The van der Waals surface area contributed by atoms with Gasteiger partial charge in [-0.3, -0.25) is 4.79 Å². The van der Waals surface area contributed by atoms with E-state index < -0.39 is 5.91 Å². The molecule has 16 heavy (non-hydrogen) atoms. The lowest BCUT2D eigenvalue weighted by molar-refractivity contribution is 0.100. The maximum absolute atomic E-state index is 11.3. The molecular formula is C11H13N3O2. The van der Waals surface area contributed by atoms with Gasteiger partial charge in [0, 0.05) is 17.8 Å². The third-order valence-electron chi connectivity index (χ3n) is 1.81. The number of urea groups is 1. The smallest absolute Gasteiger partial charge is 0.319 e. The van der Waals surface area contributed by atoms with Gasteiger partial charge in [-0.2, -0.15) is 0 Å². The molecule has 0 atom stereocenters. The maximum atomic E-state index is 11.3. The Hall–Kier alpha value is -2.30. The van der Waals surface area contributed by atoms with E-state index in [4.69, 9.17) is 5.73 Å². The van der Waals surface area contributed by atoms with E-state index in [1.54, 1.807) is 24.3 Å². The molecule has 3 amide bonds. The van der Waals surface area contributed by atoms with Crippen LogP contribution < -0.4 is 16.4 Å². The van der Waals surface area contributed by atoms with Gasteiger partial charge in [-0.15, -0.1) is 6.58 Å². The van der Waals surface area contributed by atoms with Crippen molar-refractivity contribution in [1.82, 2.24) is 5.32 Å². The van der Waals surface area contributed by atoms with Crippen LogP contribution in [0.4, 0.5) is 10.5 Å². The second-order valence-electron chi connectivity index (χ2n) is 3.07. The average Bonchev–Trinajstić information content (AvgIpc) is 2.26. The van der Waals surface area contributed by atoms with Crippen LogP contribution in [0.1, 0.15) is 10.4 Å². The lowest BCUT2D eigenvalue weighted by Crippen LogP contribution is -2.28. The molecule has 1 aromatic carbocycles. The zero-order chi connectivity index (χ0) is 12.0. The maximum Gasteiger partial charge on any atom is 0.319 e. The highest BCUT2D eigenvalue weighted by Crippen LogP contribution is 2.09. The summed E-state index contributed by atoms with van der Waals surface area (Å²) < 4.78 is 0. The summed E-state index contributed by atoms with van der Waals surface area (Å²) in [6.45, 7) is 3.85. The molecule has 0 unspecified atom stereocenters. The van der Waals surface area contributed by atoms with Crippen molar-refractivity contribution in [3.05, 3.63) is 42.5 Å². The van der Waals surface area contributed by atoms with E-state index >= 15 is 0 Å². The zero-order valence-corrected chi connectivity index (χ0v) is 8.69. The number of rotatable bonds is 4. The lowest BCUT2D eigenvalue weighted by atomic mass is 10.2. The molecule has 0 saturated carbocycles. The van der Waals surface area contributed by atoms with Crippen molar-refractivity contribution in [2.45, 2.75) is 0 Å². The van der Waals surface area contributed by atoms with Crippen molar-refractivity contribution in [3.8, 4) is 0 Å². The largest absolute Gasteiger partial charge is 0.366 e. The van der Waals surface area contributed by atoms with E-state index in [1.165, 1.54) is 6.07 Å². The summed E-state index contributed by atoms with van der Waals surface area (Å²) in [6, 6.07) is 6.04. The summed E-state index contributed by atoms with van der Waals surface area (Å²) in [5.41, 5.74) is 5.97. The van der Waals surface area contributed by atoms with Gasteiger partial charge < -0.3 is 16.4 Å². The fourth-order valence-corrected chi connectivity index (χ4v) is 1.09. The van der Waals surface area contributed by atoms with Crippen molar-refractivity contribution in [3.63, 3.8) is 0 Å². The molecule has 5 nitrogen and oxygen atoms in total. The first-order valence-corrected chi connectivity index (χ1v) is 4.69. The molecule has 0 fully saturated rings. The quantitative estimate of drug-likeness (QED) is 0.662. The van der Waals surface area contributed by atoms with Gasteiger partial charge in [-0.1, -0.05) is 12.1 Å². The van der Waals surface area contributed by atoms with Crippen LogP contribution in [-0.2, 0) is 0 Å². The van der Waals surface area contributed by atoms with Gasteiger partial charge in [0.1, 0.15) is 0 Å². The Morgan fingerprint density at radius 2 is 2.19 bits per heavy atom. The molecule has 1 aromatic rings. The fourth-order valence-electron chi connectivity index (χ4n) is 1.09. The van der Waals surface area contributed by atoms with E-state index in [1.807, 2.05) is 0 Å². The molecular weight excluding hydrogens is 206 g/mol. The van der Waals surface area contributed by atoms with Gasteiger partial charge in [0.05, 0.1) is 0 Å². The molecule has 4 N–H and O–H groups in total. The molecule has 0 bridgehead atoms. The predicted octanol–water partition coefficient (Wildman–Crippen LogP) is 1.09. The number of hydrogen-bond donors (Lipinski definition) is 3. The molecule has 0 heterocycles. The van der Waals surface area contributed by atoms with Gasteiger partial charge in [0.25, 0.3) is 0 Å². The Morgan fingerprint density at radius 1 is 1.44 bits per heavy atom. The minimum Gasteiger partial charge on any atom is -0.366 e. The lowest BCUT2D eigenvalue weighted by Gasteiger charge is -2.06. The topological polar surface area (TPSA) is 84.2 Å². The molecule has 1 rings (SSSR count). The van der Waals surface area contributed by atoms with Gasteiger partial charge in [-0.25, -0.2) is 4.79 Å². The summed E-state index contributed by atoms with van der Waals surface area (Å²) in [5, 5.41) is 5.11. The normalized spacial score (nSPS) is 9.25. The second-order valence-corrected chi connectivity index (χ2v) is 3.07. The van der Waals surface area contributed by atoms with E-state index in [9.17, 15) is 9.59 Å². The van der Waals surface area contributed by atoms with Gasteiger partial charge in [0.2, 0.25) is 5.91 Å². The van der Waals surface area contributed by atoms with Crippen molar-refractivity contribution < 1.29 is 9.59 Å². The Morgan fingerprint density at radius 3 is 2.81 bits per heavy atom. The monoisotopic (exact) mass is 219 g/mol. The zero-order valence-electron chi connectivity index (χ0n) is 8.69. The van der Waals surface area contributed by atoms with Crippen molar-refractivity contribution >= 4 is 17.6 Å². The van der Waals surface area contributed by atoms with Crippen LogP contribution in [0.2, 0.25) is 0 Å². The first-order valence-electron chi connectivity index (χ1n) is 4.69. The van der Waals surface area contributed by atoms with Crippen LogP contribution in [0.3, 0.4) is 0 Å². The van der Waals surface area contributed by atoms with Crippen LogP contribution in [0.15, 0.2) is 36.9 Å². The molecule has 0 aliphatic heterocycles. The number of nitrogens with one attached hydrogen (secondary N) is 2. The van der Waals surface area contributed by atoms with Crippen LogP contribution in [0.25, 0.3) is 0 Å². The number of nitrogens with two attached hydrogens (primary N) is 1. The summed E-state index contributed by atoms with van der Waals surface area (Å²) in [5.74, 6) is -0.532. The Labute approximate surface area is 93.3 Å². The van der Waals surface area contributed by atoms with Crippen molar-refractivity contribution in [2.24, 2.45) is 5.73 Å². The Balaban J connectivity index is 2.66. The van der Waals surface area contributed by atoms with E-state index in [2.05, 4.69) is 17.2 Å². The Bertz CT molecular complexity index is 415. The molecule has 0 aromatic heterocycles. The SMILES string of the molecule is C=CCNC(=O)Nc1cccc(C(N)=O)c1. The number of carbonyl (C=O) groups is 2. The van der Waals surface area contributed by atoms with Gasteiger partial charge in [-0.05, 0) is 18.2 Å². The number of anilines is 1. The highest BCUT2D eigenvalue weighted by Gasteiger charge is 2.03. The molecule has 0 spiro atoms. The van der Waals surface area contributed by atoms with E-state index in [0.29, 0.717) is 17.8 Å². The van der Waals surface area contributed by atoms with E-state index in [0.717, 1.165) is 0 Å². The Kier molecular flexibility index (Phi) is 4.08.